The van der Waals surface area contributed by atoms with Crippen LogP contribution in [0.25, 0.3) is 0 Å². The van der Waals surface area contributed by atoms with Crippen LogP contribution in [0.1, 0.15) is 24.0 Å². The highest BCUT2D eigenvalue weighted by atomic mass is 19.4. The molecule has 2 rings (SSSR count). The van der Waals surface area contributed by atoms with Gasteiger partial charge in [0, 0.05) is 12.0 Å². The second-order valence-corrected chi connectivity index (χ2v) is 4.43. The summed E-state index contributed by atoms with van der Waals surface area (Å²) in [6.07, 6.45) is -2.67. The molecule has 17 heavy (non-hydrogen) atoms. The molecule has 1 aromatic carbocycles. The minimum Gasteiger partial charge on any atom is -0.497 e. The highest BCUT2D eigenvalue weighted by Gasteiger charge is 2.44. The van der Waals surface area contributed by atoms with Crippen molar-refractivity contribution in [1.82, 2.24) is 0 Å². The molecule has 0 aliphatic heterocycles. The van der Waals surface area contributed by atoms with E-state index in [9.17, 15) is 13.2 Å². The minimum absolute atomic E-state index is 0.231. The normalized spacial score (nSPS) is 17.9. The zero-order valence-electron chi connectivity index (χ0n) is 9.47. The Labute approximate surface area is 97.6 Å². The van der Waals surface area contributed by atoms with Crippen molar-refractivity contribution in [2.45, 2.75) is 24.4 Å². The molecule has 0 atom stereocenters. The first-order chi connectivity index (χ1) is 7.91. The molecule has 0 unspecified atom stereocenters. The monoisotopic (exact) mass is 245 g/mol. The number of hydrogen-bond acceptors (Lipinski definition) is 2. The van der Waals surface area contributed by atoms with Crippen molar-refractivity contribution >= 4 is 0 Å². The molecule has 1 fully saturated rings. The molecule has 94 valence electrons. The highest BCUT2D eigenvalue weighted by molar-refractivity contribution is 5.42. The summed E-state index contributed by atoms with van der Waals surface area (Å²) in [6.45, 7) is 0.372. The van der Waals surface area contributed by atoms with E-state index in [0.29, 0.717) is 12.1 Å². The van der Waals surface area contributed by atoms with Crippen molar-refractivity contribution in [1.29, 1.82) is 0 Å². The van der Waals surface area contributed by atoms with Crippen LogP contribution in [-0.4, -0.2) is 13.7 Å². The van der Waals surface area contributed by atoms with Gasteiger partial charge in [0.05, 0.1) is 12.7 Å². The van der Waals surface area contributed by atoms with Gasteiger partial charge in [-0.05, 0) is 36.6 Å². The Bertz CT molecular complexity index is 424. The summed E-state index contributed by atoms with van der Waals surface area (Å²) in [5, 5.41) is 0. The van der Waals surface area contributed by atoms with E-state index in [0.717, 1.165) is 18.9 Å². The molecule has 2 N–H and O–H groups in total. The van der Waals surface area contributed by atoms with Crippen LogP contribution in [-0.2, 0) is 11.6 Å². The van der Waals surface area contributed by atoms with Crippen LogP contribution in [0.5, 0.6) is 5.75 Å². The average Bonchev–Trinajstić information content (AvgIpc) is 3.08. The second kappa shape index (κ2) is 3.91. The first kappa shape index (κ1) is 12.2. The molecular weight excluding hydrogens is 231 g/mol. The standard InChI is InChI=1S/C12H14F3NO/c1-17-10-5-8(11(7-16)2-3-11)4-9(6-10)12(13,14)15/h4-6H,2-3,7,16H2,1H3. The molecule has 5 heteroatoms. The van der Waals surface area contributed by atoms with Gasteiger partial charge in [-0.3, -0.25) is 0 Å². The quantitative estimate of drug-likeness (QED) is 0.888. The van der Waals surface area contributed by atoms with Crippen molar-refractivity contribution < 1.29 is 17.9 Å². The van der Waals surface area contributed by atoms with E-state index < -0.39 is 11.7 Å². The molecule has 0 aromatic heterocycles. The van der Waals surface area contributed by atoms with E-state index in [4.69, 9.17) is 10.5 Å². The lowest BCUT2D eigenvalue weighted by Crippen LogP contribution is -2.20. The summed E-state index contributed by atoms with van der Waals surface area (Å²) in [4.78, 5) is 0. The van der Waals surface area contributed by atoms with Crippen molar-refractivity contribution in [3.63, 3.8) is 0 Å². The summed E-state index contributed by atoms with van der Waals surface area (Å²) >= 11 is 0. The molecule has 0 bridgehead atoms. The van der Waals surface area contributed by atoms with Gasteiger partial charge in [-0.1, -0.05) is 0 Å². The van der Waals surface area contributed by atoms with Crippen molar-refractivity contribution in [2.24, 2.45) is 5.73 Å². The van der Waals surface area contributed by atoms with Gasteiger partial charge < -0.3 is 10.5 Å². The Morgan fingerprint density at radius 2 is 1.94 bits per heavy atom. The predicted molar refractivity (Wildman–Crippen MR) is 58.0 cm³/mol. The molecule has 1 aliphatic rings. The number of methoxy groups -OCH3 is 1. The van der Waals surface area contributed by atoms with E-state index in [2.05, 4.69) is 0 Å². The third-order valence-corrected chi connectivity index (χ3v) is 3.33. The lowest BCUT2D eigenvalue weighted by Gasteiger charge is -2.17. The van der Waals surface area contributed by atoms with E-state index >= 15 is 0 Å². The number of ether oxygens (including phenoxy) is 1. The maximum atomic E-state index is 12.7. The average molecular weight is 245 g/mol. The maximum absolute atomic E-state index is 12.7. The molecular formula is C12H14F3NO. The minimum atomic E-state index is -4.35. The fourth-order valence-corrected chi connectivity index (χ4v) is 1.95. The summed E-state index contributed by atoms with van der Waals surface area (Å²) in [7, 11) is 1.36. The number of benzene rings is 1. The van der Waals surface area contributed by atoms with Crippen molar-refractivity contribution in [3.8, 4) is 5.75 Å². The maximum Gasteiger partial charge on any atom is 0.416 e. The lowest BCUT2D eigenvalue weighted by atomic mass is 9.94. The van der Waals surface area contributed by atoms with E-state index in [1.807, 2.05) is 0 Å². The Hall–Kier alpha value is -1.23. The fraction of sp³-hybridized carbons (Fsp3) is 0.500. The van der Waals surface area contributed by atoms with Gasteiger partial charge in [0.25, 0.3) is 0 Å². The van der Waals surface area contributed by atoms with Gasteiger partial charge in [-0.2, -0.15) is 13.2 Å². The van der Waals surface area contributed by atoms with Crippen LogP contribution in [0.2, 0.25) is 0 Å². The molecule has 2 nitrogen and oxygen atoms in total. The molecule has 0 radical (unpaired) electrons. The van der Waals surface area contributed by atoms with E-state index in [1.54, 1.807) is 6.07 Å². The largest absolute Gasteiger partial charge is 0.497 e. The summed E-state index contributed by atoms with van der Waals surface area (Å²) < 4.78 is 43.0. The second-order valence-electron chi connectivity index (χ2n) is 4.43. The van der Waals surface area contributed by atoms with Crippen LogP contribution >= 0.6 is 0 Å². The van der Waals surface area contributed by atoms with Crippen LogP contribution in [0.15, 0.2) is 18.2 Å². The fourth-order valence-electron chi connectivity index (χ4n) is 1.95. The number of hydrogen-bond donors (Lipinski definition) is 1. The Kier molecular flexibility index (Phi) is 2.81. The predicted octanol–water partition coefficient (Wildman–Crippen LogP) is 2.70. The van der Waals surface area contributed by atoms with Crippen LogP contribution in [0.4, 0.5) is 13.2 Å². The first-order valence-corrected chi connectivity index (χ1v) is 5.38. The van der Waals surface area contributed by atoms with Crippen molar-refractivity contribution in [3.05, 3.63) is 29.3 Å². The zero-order chi connectivity index (χ0) is 12.7. The highest BCUT2D eigenvalue weighted by Crippen LogP contribution is 2.49. The topological polar surface area (TPSA) is 35.2 Å². The van der Waals surface area contributed by atoms with E-state index in [1.165, 1.54) is 13.2 Å². The Morgan fingerprint density at radius 1 is 1.29 bits per heavy atom. The number of rotatable bonds is 3. The molecule has 0 heterocycles. The third kappa shape index (κ3) is 2.24. The van der Waals surface area contributed by atoms with E-state index in [-0.39, 0.29) is 11.2 Å². The molecule has 0 spiro atoms. The van der Waals surface area contributed by atoms with Gasteiger partial charge in [-0.25, -0.2) is 0 Å². The first-order valence-electron chi connectivity index (χ1n) is 5.38. The Morgan fingerprint density at radius 3 is 2.35 bits per heavy atom. The van der Waals surface area contributed by atoms with Gasteiger partial charge in [0.2, 0.25) is 0 Å². The lowest BCUT2D eigenvalue weighted by molar-refractivity contribution is -0.137. The van der Waals surface area contributed by atoms with Gasteiger partial charge >= 0.3 is 6.18 Å². The number of nitrogens with two attached hydrogens (primary N) is 1. The van der Waals surface area contributed by atoms with Gasteiger partial charge in [-0.15, -0.1) is 0 Å². The number of halogens is 3. The Balaban J connectivity index is 2.47. The van der Waals surface area contributed by atoms with Crippen LogP contribution in [0.3, 0.4) is 0 Å². The summed E-state index contributed by atoms with van der Waals surface area (Å²) in [5.41, 5.74) is 5.32. The SMILES string of the molecule is COc1cc(C(F)(F)F)cc(C2(CN)CC2)c1. The molecule has 1 aliphatic carbocycles. The van der Waals surface area contributed by atoms with Crippen LogP contribution < -0.4 is 10.5 Å². The summed E-state index contributed by atoms with van der Waals surface area (Å²) in [5.74, 6) is 0.231. The molecule has 0 amide bonds. The van der Waals surface area contributed by atoms with Crippen molar-refractivity contribution in [2.75, 3.05) is 13.7 Å². The molecule has 0 saturated heterocycles. The van der Waals surface area contributed by atoms with Crippen LogP contribution in [0, 0.1) is 0 Å². The van der Waals surface area contributed by atoms with Gasteiger partial charge in [0.15, 0.2) is 0 Å². The zero-order valence-corrected chi connectivity index (χ0v) is 9.47. The molecule has 1 saturated carbocycles. The molecule has 1 aromatic rings. The third-order valence-electron chi connectivity index (χ3n) is 3.33. The summed E-state index contributed by atoms with van der Waals surface area (Å²) in [6, 6.07) is 3.84. The smallest absolute Gasteiger partial charge is 0.416 e. The number of alkyl halides is 3. The van der Waals surface area contributed by atoms with Gasteiger partial charge in [0.1, 0.15) is 5.75 Å².